The van der Waals surface area contributed by atoms with E-state index >= 15 is 0 Å². The van der Waals surface area contributed by atoms with Crippen LogP contribution in [0.15, 0.2) is 29.2 Å². The van der Waals surface area contributed by atoms with Crippen molar-refractivity contribution in [2.45, 2.75) is 24.2 Å². The lowest BCUT2D eigenvalue weighted by Crippen LogP contribution is -2.35. The van der Waals surface area contributed by atoms with Gasteiger partial charge in [-0.2, -0.15) is 4.31 Å². The monoisotopic (exact) mass is 301 g/mol. The van der Waals surface area contributed by atoms with Gasteiger partial charge in [-0.3, -0.25) is 4.79 Å². The van der Waals surface area contributed by atoms with Gasteiger partial charge < -0.3 is 0 Å². The minimum absolute atomic E-state index is 0.0990. The van der Waals surface area contributed by atoms with Crippen LogP contribution in [0.4, 0.5) is 0 Å². The molecule has 6 heteroatoms. The molecule has 4 nitrogen and oxygen atoms in total. The molecule has 104 valence electrons. The number of hydrogen-bond donors (Lipinski definition) is 0. The van der Waals surface area contributed by atoms with Gasteiger partial charge in [-0.15, -0.1) is 11.6 Å². The summed E-state index contributed by atoms with van der Waals surface area (Å²) in [6.45, 7) is 1.15. The Morgan fingerprint density at radius 2 is 1.68 bits per heavy atom. The average Bonchev–Trinajstić information content (AvgIpc) is 2.47. The predicted octanol–water partition coefficient (Wildman–Crippen LogP) is 2.28. The maximum Gasteiger partial charge on any atom is 0.243 e. The third-order valence-corrected chi connectivity index (χ3v) is 5.41. The van der Waals surface area contributed by atoms with Gasteiger partial charge in [-0.1, -0.05) is 18.6 Å². The molecule has 0 aromatic heterocycles. The van der Waals surface area contributed by atoms with Gasteiger partial charge in [0.1, 0.15) is 0 Å². The number of rotatable bonds is 4. The Morgan fingerprint density at radius 3 is 2.21 bits per heavy atom. The molecule has 0 atom stereocenters. The van der Waals surface area contributed by atoms with E-state index < -0.39 is 10.0 Å². The van der Waals surface area contributed by atoms with E-state index in [0.29, 0.717) is 18.7 Å². The van der Waals surface area contributed by atoms with E-state index in [4.69, 9.17) is 11.6 Å². The second-order valence-corrected chi connectivity index (χ2v) is 6.75. The summed E-state index contributed by atoms with van der Waals surface area (Å²) in [5, 5.41) is 0. The van der Waals surface area contributed by atoms with Crippen LogP contribution in [0.5, 0.6) is 0 Å². The van der Waals surface area contributed by atoms with Gasteiger partial charge in [0.2, 0.25) is 10.0 Å². The largest absolute Gasteiger partial charge is 0.293 e. The van der Waals surface area contributed by atoms with Crippen molar-refractivity contribution in [2.24, 2.45) is 0 Å². The Morgan fingerprint density at radius 1 is 1.11 bits per heavy atom. The molecule has 0 N–H and O–H groups in total. The Hall–Kier alpha value is -0.910. The molecule has 19 heavy (non-hydrogen) atoms. The van der Waals surface area contributed by atoms with Crippen LogP contribution in [0.1, 0.15) is 29.6 Å². The van der Waals surface area contributed by atoms with Gasteiger partial charge in [0.05, 0.1) is 10.8 Å². The van der Waals surface area contributed by atoms with Crippen molar-refractivity contribution in [3.63, 3.8) is 0 Å². The number of halogens is 1. The Kier molecular flexibility index (Phi) is 4.60. The van der Waals surface area contributed by atoms with Crippen molar-refractivity contribution in [3.05, 3.63) is 29.8 Å². The van der Waals surface area contributed by atoms with Gasteiger partial charge in [0.15, 0.2) is 5.78 Å². The first-order chi connectivity index (χ1) is 9.05. The van der Waals surface area contributed by atoms with Crippen molar-refractivity contribution < 1.29 is 13.2 Å². The standard InChI is InChI=1S/C13H16ClNO3S/c14-10-13(16)11-4-6-12(7-5-11)19(17,18)15-8-2-1-3-9-15/h4-7H,1-3,8-10H2. The molecule has 1 aliphatic heterocycles. The van der Waals surface area contributed by atoms with Crippen molar-refractivity contribution in [3.8, 4) is 0 Å². The van der Waals surface area contributed by atoms with Crippen molar-refractivity contribution in [2.75, 3.05) is 19.0 Å². The number of sulfonamides is 1. The zero-order valence-corrected chi connectivity index (χ0v) is 12.1. The van der Waals surface area contributed by atoms with Gasteiger partial charge in [0, 0.05) is 18.7 Å². The van der Waals surface area contributed by atoms with E-state index in [9.17, 15) is 13.2 Å². The highest BCUT2D eigenvalue weighted by atomic mass is 35.5. The second kappa shape index (κ2) is 6.03. The molecule has 1 aromatic carbocycles. The quantitative estimate of drug-likeness (QED) is 0.633. The fraction of sp³-hybridized carbons (Fsp3) is 0.462. The highest BCUT2D eigenvalue weighted by Gasteiger charge is 2.25. The molecule has 0 unspecified atom stereocenters. The number of carbonyl (C=O) groups excluding carboxylic acids is 1. The molecule has 1 fully saturated rings. The first kappa shape index (κ1) is 14.5. The third-order valence-electron chi connectivity index (χ3n) is 3.25. The molecule has 0 aliphatic carbocycles. The highest BCUT2D eigenvalue weighted by Crippen LogP contribution is 2.20. The fourth-order valence-corrected chi connectivity index (χ4v) is 3.82. The minimum atomic E-state index is -3.42. The van der Waals surface area contributed by atoms with Crippen LogP contribution in [0.2, 0.25) is 0 Å². The molecule has 1 aliphatic rings. The Labute approximate surface area is 118 Å². The zero-order valence-electron chi connectivity index (χ0n) is 10.5. The summed E-state index contributed by atoms with van der Waals surface area (Å²) < 4.78 is 26.2. The molecule has 0 radical (unpaired) electrons. The number of alkyl halides is 1. The summed E-state index contributed by atoms with van der Waals surface area (Å²) in [6.07, 6.45) is 2.89. The van der Waals surface area contributed by atoms with Crippen molar-refractivity contribution in [1.82, 2.24) is 4.31 Å². The number of piperidine rings is 1. The van der Waals surface area contributed by atoms with E-state index in [-0.39, 0.29) is 16.6 Å². The van der Waals surface area contributed by atoms with Crippen LogP contribution in [0, 0.1) is 0 Å². The molecule has 0 spiro atoms. The molecule has 0 bridgehead atoms. The Bertz CT molecular complexity index is 548. The fourth-order valence-electron chi connectivity index (χ4n) is 2.14. The second-order valence-electron chi connectivity index (χ2n) is 4.55. The highest BCUT2D eigenvalue weighted by molar-refractivity contribution is 7.89. The van der Waals surface area contributed by atoms with Gasteiger partial charge in [-0.05, 0) is 25.0 Å². The molecule has 0 saturated carbocycles. The van der Waals surface area contributed by atoms with Crippen LogP contribution < -0.4 is 0 Å². The third kappa shape index (κ3) is 3.16. The number of carbonyl (C=O) groups is 1. The lowest BCUT2D eigenvalue weighted by atomic mass is 10.1. The summed E-state index contributed by atoms with van der Waals surface area (Å²) in [6, 6.07) is 5.98. The topological polar surface area (TPSA) is 54.5 Å². The number of hydrogen-bond acceptors (Lipinski definition) is 3. The number of ketones is 1. The van der Waals surface area contributed by atoms with E-state index in [2.05, 4.69) is 0 Å². The van der Waals surface area contributed by atoms with Crippen LogP contribution in [-0.2, 0) is 10.0 Å². The predicted molar refractivity (Wildman–Crippen MR) is 74.1 cm³/mol. The van der Waals surface area contributed by atoms with Crippen LogP contribution in [-0.4, -0.2) is 37.5 Å². The SMILES string of the molecule is O=C(CCl)c1ccc(S(=O)(=O)N2CCCCC2)cc1. The zero-order chi connectivity index (χ0) is 13.9. The summed E-state index contributed by atoms with van der Waals surface area (Å²) >= 11 is 5.46. The summed E-state index contributed by atoms with van der Waals surface area (Å²) in [5.74, 6) is -0.304. The van der Waals surface area contributed by atoms with Gasteiger partial charge in [0.25, 0.3) is 0 Å². The Balaban J connectivity index is 2.23. The van der Waals surface area contributed by atoms with Gasteiger partial charge in [-0.25, -0.2) is 8.42 Å². The maximum atomic E-state index is 12.4. The number of benzene rings is 1. The van der Waals surface area contributed by atoms with Crippen LogP contribution in [0.25, 0.3) is 0 Å². The maximum absolute atomic E-state index is 12.4. The molecular weight excluding hydrogens is 286 g/mol. The summed E-state index contributed by atoms with van der Waals surface area (Å²) in [4.78, 5) is 11.6. The van der Waals surface area contributed by atoms with E-state index in [1.54, 1.807) is 0 Å². The van der Waals surface area contributed by atoms with Crippen molar-refractivity contribution >= 4 is 27.4 Å². The lowest BCUT2D eigenvalue weighted by molar-refractivity contribution is 0.102. The number of Topliss-reactive ketones (excluding diaryl/α,β-unsaturated/α-hetero) is 1. The lowest BCUT2D eigenvalue weighted by Gasteiger charge is -2.25. The minimum Gasteiger partial charge on any atom is -0.293 e. The van der Waals surface area contributed by atoms with E-state index in [1.807, 2.05) is 0 Å². The molecule has 1 aromatic rings. The molecule has 0 amide bonds. The molecule has 1 saturated heterocycles. The number of nitrogens with zero attached hydrogens (tertiary/aromatic N) is 1. The molecule has 2 rings (SSSR count). The first-order valence-corrected chi connectivity index (χ1v) is 8.22. The smallest absolute Gasteiger partial charge is 0.243 e. The van der Waals surface area contributed by atoms with Crippen molar-refractivity contribution in [1.29, 1.82) is 0 Å². The van der Waals surface area contributed by atoms with E-state index in [1.165, 1.54) is 28.6 Å². The molecule has 1 heterocycles. The normalized spacial score (nSPS) is 17.3. The van der Waals surface area contributed by atoms with Gasteiger partial charge >= 0.3 is 0 Å². The van der Waals surface area contributed by atoms with Crippen LogP contribution in [0.3, 0.4) is 0 Å². The average molecular weight is 302 g/mol. The summed E-state index contributed by atoms with van der Waals surface area (Å²) in [7, 11) is -3.42. The van der Waals surface area contributed by atoms with Crippen LogP contribution >= 0.6 is 11.6 Å². The van der Waals surface area contributed by atoms with E-state index in [0.717, 1.165) is 19.3 Å². The summed E-state index contributed by atoms with van der Waals surface area (Å²) in [5.41, 5.74) is 0.438. The first-order valence-electron chi connectivity index (χ1n) is 6.25. The molecular formula is C13H16ClNO3S.